The van der Waals surface area contributed by atoms with E-state index in [-0.39, 0.29) is 5.75 Å². The fourth-order valence-corrected chi connectivity index (χ4v) is 2.23. The largest absolute Gasteiger partial charge is 0.507 e. The van der Waals surface area contributed by atoms with E-state index in [9.17, 15) is 9.90 Å². The van der Waals surface area contributed by atoms with E-state index in [1.807, 2.05) is 30.3 Å². The number of H-pyrrole nitrogens is 1. The third kappa shape index (κ3) is 2.69. The highest BCUT2D eigenvalue weighted by atomic mass is 16.5. The van der Waals surface area contributed by atoms with Gasteiger partial charge in [-0.05, 0) is 18.2 Å². The van der Waals surface area contributed by atoms with Crippen LogP contribution in [-0.4, -0.2) is 22.2 Å². The van der Waals surface area contributed by atoms with Crippen molar-refractivity contribution in [2.45, 2.75) is 0 Å². The zero-order valence-electron chi connectivity index (χ0n) is 11.9. The lowest BCUT2D eigenvalue weighted by Gasteiger charge is -2.08. The van der Waals surface area contributed by atoms with Crippen molar-refractivity contribution in [2.75, 3.05) is 7.11 Å². The van der Waals surface area contributed by atoms with Crippen LogP contribution in [0.2, 0.25) is 0 Å². The van der Waals surface area contributed by atoms with Crippen molar-refractivity contribution < 1.29 is 9.84 Å². The zero-order valence-corrected chi connectivity index (χ0v) is 11.9. The van der Waals surface area contributed by atoms with Crippen molar-refractivity contribution in [1.82, 2.24) is 9.97 Å². The minimum atomic E-state index is -0.466. The number of aromatic nitrogens is 2. The smallest absolute Gasteiger partial charge is 0.345 e. The van der Waals surface area contributed by atoms with Crippen LogP contribution < -0.4 is 10.4 Å². The summed E-state index contributed by atoms with van der Waals surface area (Å²) in [5, 5.41) is 10.1. The standard InChI is InChI=1S/C17H14N2O3/c1-22-12-7-8-13(16(20)9-12)15-10-14(18-17(21)19-15)11-5-3-2-4-6-11/h2-10,20H,1H3,(H,18,19,21). The molecule has 3 aromatic rings. The Morgan fingerprint density at radius 1 is 1.09 bits per heavy atom. The first-order valence-corrected chi connectivity index (χ1v) is 6.71. The van der Waals surface area contributed by atoms with Gasteiger partial charge in [0, 0.05) is 17.2 Å². The normalized spacial score (nSPS) is 10.4. The number of hydrogen-bond acceptors (Lipinski definition) is 4. The van der Waals surface area contributed by atoms with E-state index in [0.29, 0.717) is 22.7 Å². The molecule has 0 unspecified atom stereocenters. The maximum Gasteiger partial charge on any atom is 0.345 e. The first kappa shape index (κ1) is 13.9. The van der Waals surface area contributed by atoms with E-state index in [0.717, 1.165) is 5.56 Å². The Kier molecular flexibility index (Phi) is 3.62. The van der Waals surface area contributed by atoms with E-state index in [4.69, 9.17) is 4.74 Å². The summed E-state index contributed by atoms with van der Waals surface area (Å²) < 4.78 is 5.06. The van der Waals surface area contributed by atoms with Gasteiger partial charge in [0.2, 0.25) is 0 Å². The number of benzene rings is 2. The molecule has 2 N–H and O–H groups in total. The average molecular weight is 294 g/mol. The van der Waals surface area contributed by atoms with Crippen LogP contribution in [0.3, 0.4) is 0 Å². The van der Waals surface area contributed by atoms with Crippen LogP contribution in [0.25, 0.3) is 22.5 Å². The average Bonchev–Trinajstić information content (AvgIpc) is 2.55. The number of nitrogens with zero attached hydrogens (tertiary/aromatic N) is 1. The molecule has 0 atom stereocenters. The van der Waals surface area contributed by atoms with Crippen LogP contribution in [0.1, 0.15) is 0 Å². The number of aromatic hydroxyl groups is 1. The molecule has 0 saturated heterocycles. The maximum absolute atomic E-state index is 11.8. The molecule has 3 rings (SSSR count). The molecule has 0 saturated carbocycles. The van der Waals surface area contributed by atoms with Gasteiger partial charge in [0.05, 0.1) is 18.5 Å². The highest BCUT2D eigenvalue weighted by Gasteiger charge is 2.10. The Morgan fingerprint density at radius 2 is 1.86 bits per heavy atom. The van der Waals surface area contributed by atoms with Gasteiger partial charge in [0.15, 0.2) is 0 Å². The Hall–Kier alpha value is -3.08. The van der Waals surface area contributed by atoms with Crippen LogP contribution in [0.4, 0.5) is 0 Å². The summed E-state index contributed by atoms with van der Waals surface area (Å²) in [5.41, 5.74) is 1.93. The van der Waals surface area contributed by atoms with Crippen molar-refractivity contribution >= 4 is 0 Å². The quantitative estimate of drug-likeness (QED) is 0.779. The number of phenols is 1. The third-order valence-electron chi connectivity index (χ3n) is 3.31. The van der Waals surface area contributed by atoms with Gasteiger partial charge in [-0.2, -0.15) is 4.98 Å². The molecule has 110 valence electrons. The summed E-state index contributed by atoms with van der Waals surface area (Å²) >= 11 is 0. The van der Waals surface area contributed by atoms with E-state index in [2.05, 4.69) is 9.97 Å². The molecular formula is C17H14N2O3. The van der Waals surface area contributed by atoms with E-state index in [1.54, 1.807) is 18.2 Å². The predicted molar refractivity (Wildman–Crippen MR) is 83.9 cm³/mol. The number of nitrogens with one attached hydrogen (secondary N) is 1. The molecule has 5 heteroatoms. The van der Waals surface area contributed by atoms with Gasteiger partial charge < -0.3 is 14.8 Å². The van der Waals surface area contributed by atoms with E-state index in [1.165, 1.54) is 13.2 Å². The van der Waals surface area contributed by atoms with Gasteiger partial charge in [0.25, 0.3) is 0 Å². The minimum absolute atomic E-state index is 0.0280. The Balaban J connectivity index is 2.13. The molecule has 0 fully saturated rings. The van der Waals surface area contributed by atoms with Crippen molar-refractivity contribution in [2.24, 2.45) is 0 Å². The molecule has 5 nitrogen and oxygen atoms in total. The number of hydrogen-bond donors (Lipinski definition) is 2. The molecule has 1 heterocycles. The molecule has 0 aliphatic carbocycles. The summed E-state index contributed by atoms with van der Waals surface area (Å²) in [5.74, 6) is 0.571. The molecule has 0 amide bonds. The molecule has 0 bridgehead atoms. The van der Waals surface area contributed by atoms with E-state index < -0.39 is 5.69 Å². The summed E-state index contributed by atoms with van der Waals surface area (Å²) in [7, 11) is 1.52. The molecule has 22 heavy (non-hydrogen) atoms. The lowest BCUT2D eigenvalue weighted by molar-refractivity contribution is 0.408. The van der Waals surface area contributed by atoms with Gasteiger partial charge in [-0.1, -0.05) is 30.3 Å². The monoisotopic (exact) mass is 294 g/mol. The number of phenolic OH excluding ortho intramolecular Hbond substituents is 1. The van der Waals surface area contributed by atoms with Crippen LogP contribution in [0.5, 0.6) is 11.5 Å². The van der Waals surface area contributed by atoms with Crippen molar-refractivity contribution in [1.29, 1.82) is 0 Å². The molecule has 1 aromatic heterocycles. The van der Waals surface area contributed by atoms with Crippen molar-refractivity contribution in [3.63, 3.8) is 0 Å². The number of aromatic amines is 1. The second kappa shape index (κ2) is 5.73. The lowest BCUT2D eigenvalue weighted by atomic mass is 10.1. The first-order chi connectivity index (χ1) is 10.7. The van der Waals surface area contributed by atoms with Gasteiger partial charge in [0.1, 0.15) is 11.5 Å². The van der Waals surface area contributed by atoms with Crippen molar-refractivity contribution in [3.8, 4) is 34.0 Å². The minimum Gasteiger partial charge on any atom is -0.507 e. The fourth-order valence-electron chi connectivity index (χ4n) is 2.23. The number of ether oxygens (including phenoxy) is 1. The molecule has 0 aliphatic heterocycles. The molecule has 0 spiro atoms. The maximum atomic E-state index is 11.8. The summed E-state index contributed by atoms with van der Waals surface area (Å²) in [6.45, 7) is 0. The molecule has 0 aliphatic rings. The SMILES string of the molecule is COc1ccc(-c2cc(-c3ccccc3)nc(=O)[nH]2)c(O)c1. The zero-order chi connectivity index (χ0) is 15.5. The van der Waals surface area contributed by atoms with Gasteiger partial charge in [-0.15, -0.1) is 0 Å². The highest BCUT2D eigenvalue weighted by molar-refractivity contribution is 5.72. The topological polar surface area (TPSA) is 75.2 Å². The lowest BCUT2D eigenvalue weighted by Crippen LogP contribution is -2.11. The van der Waals surface area contributed by atoms with Gasteiger partial charge >= 0.3 is 5.69 Å². The Bertz CT molecular complexity index is 857. The van der Waals surface area contributed by atoms with Crippen LogP contribution >= 0.6 is 0 Å². The Labute approximate surface area is 126 Å². The number of rotatable bonds is 3. The van der Waals surface area contributed by atoms with Crippen LogP contribution in [0.15, 0.2) is 59.4 Å². The summed E-state index contributed by atoms with van der Waals surface area (Å²) in [4.78, 5) is 18.4. The van der Waals surface area contributed by atoms with E-state index >= 15 is 0 Å². The second-order valence-corrected chi connectivity index (χ2v) is 4.73. The molecular weight excluding hydrogens is 280 g/mol. The summed E-state index contributed by atoms with van der Waals surface area (Å²) in [6, 6.07) is 16.0. The predicted octanol–water partition coefficient (Wildman–Crippen LogP) is 2.82. The summed E-state index contributed by atoms with van der Waals surface area (Å²) in [6.07, 6.45) is 0. The van der Waals surface area contributed by atoms with Gasteiger partial charge in [-0.25, -0.2) is 4.79 Å². The third-order valence-corrected chi connectivity index (χ3v) is 3.31. The molecule has 0 radical (unpaired) electrons. The highest BCUT2D eigenvalue weighted by Crippen LogP contribution is 2.31. The molecule has 2 aromatic carbocycles. The van der Waals surface area contributed by atoms with Crippen molar-refractivity contribution in [3.05, 3.63) is 65.1 Å². The fraction of sp³-hybridized carbons (Fsp3) is 0.0588. The van der Waals surface area contributed by atoms with Crippen LogP contribution in [0, 0.1) is 0 Å². The Morgan fingerprint density at radius 3 is 2.55 bits per heavy atom. The van der Waals surface area contributed by atoms with Crippen LogP contribution in [-0.2, 0) is 0 Å². The van der Waals surface area contributed by atoms with Gasteiger partial charge in [-0.3, -0.25) is 0 Å². The number of methoxy groups -OCH3 is 1. The second-order valence-electron chi connectivity index (χ2n) is 4.73. The first-order valence-electron chi connectivity index (χ1n) is 6.71.